The monoisotopic (exact) mass is 178 g/mol. The highest BCUT2D eigenvalue weighted by Gasteiger charge is 2.12. The molecule has 13 heavy (non-hydrogen) atoms. The van der Waals surface area contributed by atoms with Crippen molar-refractivity contribution in [2.75, 3.05) is 0 Å². The Morgan fingerprint density at radius 2 is 1.92 bits per heavy atom. The SMILES string of the molecule is O=C1C=CC=N1.O=C1C=CNC1=O. The van der Waals surface area contributed by atoms with Gasteiger partial charge in [-0.15, -0.1) is 0 Å². The molecule has 2 aliphatic rings. The van der Waals surface area contributed by atoms with Gasteiger partial charge in [-0.05, 0) is 6.08 Å². The van der Waals surface area contributed by atoms with Crippen LogP contribution in [0.1, 0.15) is 0 Å². The first-order valence-corrected chi connectivity index (χ1v) is 3.46. The van der Waals surface area contributed by atoms with Crippen LogP contribution in [0.2, 0.25) is 0 Å². The van der Waals surface area contributed by atoms with Gasteiger partial charge in [0.15, 0.2) is 0 Å². The average Bonchev–Trinajstić information content (AvgIpc) is 2.67. The maximum absolute atomic E-state index is 10.1. The van der Waals surface area contributed by atoms with Crippen LogP contribution in [0.3, 0.4) is 0 Å². The van der Waals surface area contributed by atoms with Crippen molar-refractivity contribution in [2.45, 2.75) is 0 Å². The molecule has 2 aliphatic heterocycles. The van der Waals surface area contributed by atoms with Gasteiger partial charge >= 0.3 is 0 Å². The molecule has 1 N–H and O–H groups in total. The van der Waals surface area contributed by atoms with Crippen LogP contribution in [-0.4, -0.2) is 23.8 Å². The molecule has 66 valence electrons. The van der Waals surface area contributed by atoms with Crippen LogP contribution in [0.15, 0.2) is 29.4 Å². The van der Waals surface area contributed by atoms with E-state index in [4.69, 9.17) is 0 Å². The lowest BCUT2D eigenvalue weighted by Crippen LogP contribution is -2.17. The Balaban J connectivity index is 0.000000132. The highest BCUT2D eigenvalue weighted by molar-refractivity contribution is 6.42. The fourth-order valence-corrected chi connectivity index (χ4v) is 0.625. The van der Waals surface area contributed by atoms with E-state index in [9.17, 15) is 14.4 Å². The molecule has 0 fully saturated rings. The zero-order valence-electron chi connectivity index (χ0n) is 6.56. The number of ketones is 1. The lowest BCUT2D eigenvalue weighted by atomic mass is 10.4. The van der Waals surface area contributed by atoms with Crippen molar-refractivity contribution in [3.05, 3.63) is 24.4 Å². The van der Waals surface area contributed by atoms with E-state index in [2.05, 4.69) is 10.3 Å². The number of nitrogens with one attached hydrogen (secondary N) is 1. The number of hydrogen-bond acceptors (Lipinski definition) is 3. The van der Waals surface area contributed by atoms with Crippen LogP contribution in [0.4, 0.5) is 0 Å². The smallest absolute Gasteiger partial charge is 0.295 e. The number of aliphatic imine (C=N–C) groups is 1. The summed E-state index contributed by atoms with van der Waals surface area (Å²) in [6.07, 6.45) is 7.03. The van der Waals surface area contributed by atoms with Crippen LogP contribution in [0, 0.1) is 0 Å². The number of hydrogen-bond donors (Lipinski definition) is 1. The van der Waals surface area contributed by atoms with Gasteiger partial charge in [-0.2, -0.15) is 0 Å². The number of nitrogens with zero attached hydrogens (tertiary/aromatic N) is 1. The molecule has 2 rings (SSSR count). The topological polar surface area (TPSA) is 75.6 Å². The summed E-state index contributed by atoms with van der Waals surface area (Å²) in [7, 11) is 0. The number of carbonyl (C=O) groups excluding carboxylic acids is 3. The Kier molecular flexibility index (Phi) is 2.86. The van der Waals surface area contributed by atoms with E-state index in [-0.39, 0.29) is 5.91 Å². The third kappa shape index (κ3) is 2.82. The summed E-state index contributed by atoms with van der Waals surface area (Å²) in [6, 6.07) is 0. The Hall–Kier alpha value is -2.04. The number of carbonyl (C=O) groups is 3. The number of amides is 2. The van der Waals surface area contributed by atoms with Gasteiger partial charge in [-0.3, -0.25) is 14.4 Å². The third-order valence-electron chi connectivity index (χ3n) is 1.20. The van der Waals surface area contributed by atoms with E-state index in [1.54, 1.807) is 6.08 Å². The van der Waals surface area contributed by atoms with Crippen LogP contribution < -0.4 is 5.32 Å². The average molecular weight is 178 g/mol. The summed E-state index contributed by atoms with van der Waals surface area (Å²) < 4.78 is 0. The fourth-order valence-electron chi connectivity index (χ4n) is 0.625. The summed E-state index contributed by atoms with van der Waals surface area (Å²) in [5.74, 6) is -1.17. The van der Waals surface area contributed by atoms with Gasteiger partial charge in [0, 0.05) is 24.6 Å². The second-order valence-corrected chi connectivity index (χ2v) is 2.15. The first kappa shape index (κ1) is 9.05. The summed E-state index contributed by atoms with van der Waals surface area (Å²) >= 11 is 0. The van der Waals surface area contributed by atoms with Crippen LogP contribution >= 0.6 is 0 Å². The Bertz CT molecular complexity index is 325. The minimum Gasteiger partial charge on any atom is -0.326 e. The normalized spacial score (nSPS) is 17.4. The minimum absolute atomic E-state index is 0.157. The molecule has 5 nitrogen and oxygen atoms in total. The molecule has 0 unspecified atom stereocenters. The zero-order valence-corrected chi connectivity index (χ0v) is 6.56. The van der Waals surface area contributed by atoms with Crippen LogP contribution in [0.5, 0.6) is 0 Å². The molecule has 0 bridgehead atoms. The molecule has 0 atom stereocenters. The Morgan fingerprint density at radius 1 is 1.15 bits per heavy atom. The van der Waals surface area contributed by atoms with Gasteiger partial charge in [0.2, 0.25) is 5.78 Å². The second-order valence-electron chi connectivity index (χ2n) is 2.15. The Morgan fingerprint density at radius 3 is 2.08 bits per heavy atom. The van der Waals surface area contributed by atoms with Crippen molar-refractivity contribution < 1.29 is 14.4 Å². The quantitative estimate of drug-likeness (QED) is 0.501. The van der Waals surface area contributed by atoms with Gasteiger partial charge in [0.1, 0.15) is 0 Å². The number of allylic oxidation sites excluding steroid dienone is 1. The predicted octanol–water partition coefficient (Wildman–Crippen LogP) is -0.647. The number of rotatable bonds is 0. The second kappa shape index (κ2) is 4.10. The molecule has 5 heteroatoms. The molecule has 2 amide bonds. The van der Waals surface area contributed by atoms with Crippen molar-refractivity contribution in [3.63, 3.8) is 0 Å². The van der Waals surface area contributed by atoms with Gasteiger partial charge in [0.05, 0.1) is 0 Å². The first-order valence-electron chi connectivity index (χ1n) is 3.46. The molecule has 0 aliphatic carbocycles. The lowest BCUT2D eigenvalue weighted by Gasteiger charge is -1.78. The summed E-state index contributed by atoms with van der Waals surface area (Å²) in [5.41, 5.74) is 0. The van der Waals surface area contributed by atoms with Crippen molar-refractivity contribution in [2.24, 2.45) is 4.99 Å². The highest BCUT2D eigenvalue weighted by Crippen LogP contribution is 1.83. The summed E-state index contributed by atoms with van der Waals surface area (Å²) in [5, 5.41) is 2.20. The maximum atomic E-state index is 10.1. The van der Waals surface area contributed by atoms with Crippen molar-refractivity contribution in [3.8, 4) is 0 Å². The van der Waals surface area contributed by atoms with Gasteiger partial charge in [0.25, 0.3) is 11.8 Å². The van der Waals surface area contributed by atoms with Crippen molar-refractivity contribution in [1.29, 1.82) is 0 Å². The van der Waals surface area contributed by atoms with E-state index in [0.717, 1.165) is 0 Å². The minimum atomic E-state index is -0.542. The van der Waals surface area contributed by atoms with Gasteiger partial charge < -0.3 is 5.32 Å². The molecule has 0 aromatic rings. The maximum Gasteiger partial charge on any atom is 0.295 e. The molecule has 0 saturated heterocycles. The zero-order chi connectivity index (χ0) is 9.68. The molecule has 2 heterocycles. The largest absolute Gasteiger partial charge is 0.326 e. The molecule has 0 aromatic carbocycles. The van der Waals surface area contributed by atoms with E-state index in [1.165, 1.54) is 24.6 Å². The van der Waals surface area contributed by atoms with E-state index in [0.29, 0.717) is 0 Å². The highest BCUT2D eigenvalue weighted by atomic mass is 16.2. The fraction of sp³-hybridized carbons (Fsp3) is 0. The van der Waals surface area contributed by atoms with E-state index in [1.807, 2.05) is 0 Å². The molecule has 0 spiro atoms. The summed E-state index contributed by atoms with van der Waals surface area (Å²) in [6.45, 7) is 0. The Labute approximate surface area is 73.8 Å². The van der Waals surface area contributed by atoms with Crippen LogP contribution in [0.25, 0.3) is 0 Å². The third-order valence-corrected chi connectivity index (χ3v) is 1.20. The van der Waals surface area contributed by atoms with Gasteiger partial charge in [-0.25, -0.2) is 4.99 Å². The van der Waals surface area contributed by atoms with Crippen molar-refractivity contribution >= 4 is 23.8 Å². The van der Waals surface area contributed by atoms with Gasteiger partial charge in [-0.1, -0.05) is 0 Å². The van der Waals surface area contributed by atoms with E-state index < -0.39 is 11.7 Å². The lowest BCUT2D eigenvalue weighted by molar-refractivity contribution is -0.133. The first-order chi connectivity index (χ1) is 6.20. The molecule has 0 aromatic heterocycles. The predicted molar refractivity (Wildman–Crippen MR) is 44.9 cm³/mol. The van der Waals surface area contributed by atoms with Crippen LogP contribution in [-0.2, 0) is 14.4 Å². The molecule has 0 radical (unpaired) electrons. The summed E-state index contributed by atoms with van der Waals surface area (Å²) in [4.78, 5) is 33.4. The van der Waals surface area contributed by atoms with Crippen molar-refractivity contribution in [1.82, 2.24) is 5.32 Å². The molecular weight excluding hydrogens is 172 g/mol. The van der Waals surface area contributed by atoms with E-state index >= 15 is 0 Å². The standard InChI is InChI=1S/C4H3NO2.C4H3NO/c6-3-1-2-5-4(3)7;6-4-2-1-3-5-4/h1-2H,(H,5,6,7);1-3H. The molecule has 0 saturated carbocycles. The molecular formula is C8H6N2O3.